The van der Waals surface area contributed by atoms with Gasteiger partial charge in [-0.15, -0.1) is 0 Å². The Morgan fingerprint density at radius 2 is 1.15 bits per heavy atom. The molecule has 0 aromatic rings. The van der Waals surface area contributed by atoms with Gasteiger partial charge in [0.1, 0.15) is 6.61 Å². The number of ether oxygens (including phenoxy) is 3. The smallest absolute Gasteiger partial charge is 0.462 e. The van der Waals surface area contributed by atoms with E-state index in [-0.39, 0.29) is 32.6 Å². The Bertz CT molecular complexity index is 1090. The van der Waals surface area contributed by atoms with Crippen molar-refractivity contribution in [3.8, 4) is 0 Å². The van der Waals surface area contributed by atoms with Crippen molar-refractivity contribution in [1.82, 2.24) is 0 Å². The molecule has 312 valence electrons. The standard InChI is InChI=1S/C43H76NO9P/c1-3-5-7-9-11-12-13-14-15-16-17-18-21-25-29-33-42(45)49-37-39(38-51-54(47,48)50-36-35-44)52-43(46)34-30-26-22-19-20-24-28-32-41-40(53-41)31-27-23-10-8-6-4-2/h14-15,19,22-24,27-28,39-41H,3-13,16-18,20-21,25-26,29-38,44H2,1-2H3,(H,47,48)/b15-14-,22-19-,27-23+,28-24-. The number of esters is 2. The van der Waals surface area contributed by atoms with E-state index in [1.165, 1.54) is 64.2 Å². The Hall–Kier alpha value is -2.07. The summed E-state index contributed by atoms with van der Waals surface area (Å²) in [6.07, 6.45) is 41.7. The molecule has 0 bridgehead atoms. The molecular weight excluding hydrogens is 705 g/mol. The topological polar surface area (TPSA) is 147 Å². The van der Waals surface area contributed by atoms with E-state index in [9.17, 15) is 19.0 Å². The Labute approximate surface area is 328 Å². The normalized spacial score (nSPS) is 17.6. The molecule has 1 heterocycles. The predicted molar refractivity (Wildman–Crippen MR) is 219 cm³/mol. The Morgan fingerprint density at radius 3 is 1.81 bits per heavy atom. The van der Waals surface area contributed by atoms with Gasteiger partial charge in [-0.3, -0.25) is 18.6 Å². The summed E-state index contributed by atoms with van der Waals surface area (Å²) in [7, 11) is -4.40. The van der Waals surface area contributed by atoms with E-state index in [0.29, 0.717) is 31.5 Å². The van der Waals surface area contributed by atoms with E-state index in [4.69, 9.17) is 29.0 Å². The first-order chi connectivity index (χ1) is 26.3. The van der Waals surface area contributed by atoms with Crippen LogP contribution in [-0.2, 0) is 37.4 Å². The summed E-state index contributed by atoms with van der Waals surface area (Å²) in [5, 5.41) is 0. The summed E-state index contributed by atoms with van der Waals surface area (Å²) in [6.45, 7) is 3.60. The van der Waals surface area contributed by atoms with Crippen LogP contribution >= 0.6 is 7.82 Å². The monoisotopic (exact) mass is 782 g/mol. The lowest BCUT2D eigenvalue weighted by molar-refractivity contribution is -0.161. The number of epoxide rings is 1. The summed E-state index contributed by atoms with van der Waals surface area (Å²) in [5.41, 5.74) is 5.34. The quantitative estimate of drug-likeness (QED) is 0.0204. The Morgan fingerprint density at radius 1 is 0.648 bits per heavy atom. The predicted octanol–water partition coefficient (Wildman–Crippen LogP) is 10.9. The van der Waals surface area contributed by atoms with Gasteiger partial charge in [0.05, 0.1) is 25.4 Å². The molecule has 0 aliphatic carbocycles. The van der Waals surface area contributed by atoms with Gasteiger partial charge >= 0.3 is 19.8 Å². The number of rotatable bonds is 38. The van der Waals surface area contributed by atoms with Crippen molar-refractivity contribution in [1.29, 1.82) is 0 Å². The van der Waals surface area contributed by atoms with Crippen molar-refractivity contribution < 1.29 is 42.3 Å². The number of phosphoric ester groups is 1. The van der Waals surface area contributed by atoms with Gasteiger partial charge in [0.2, 0.25) is 0 Å². The van der Waals surface area contributed by atoms with Crippen LogP contribution in [0.1, 0.15) is 168 Å². The third kappa shape index (κ3) is 32.2. The van der Waals surface area contributed by atoms with Crippen molar-refractivity contribution >= 4 is 19.8 Å². The first-order valence-corrected chi connectivity index (χ1v) is 22.7. The van der Waals surface area contributed by atoms with Crippen LogP contribution in [0.4, 0.5) is 0 Å². The molecular formula is C43H76NO9P. The molecule has 0 spiro atoms. The molecule has 1 aliphatic heterocycles. The van der Waals surface area contributed by atoms with E-state index in [2.05, 4.69) is 56.4 Å². The fourth-order valence-electron chi connectivity index (χ4n) is 5.78. The van der Waals surface area contributed by atoms with Gasteiger partial charge in [-0.25, -0.2) is 4.57 Å². The fraction of sp³-hybridized carbons (Fsp3) is 0.767. The van der Waals surface area contributed by atoms with Gasteiger partial charge in [0.15, 0.2) is 6.10 Å². The molecule has 0 amide bonds. The second kappa shape index (κ2) is 35.4. The summed E-state index contributed by atoms with van der Waals surface area (Å²) in [4.78, 5) is 34.8. The molecule has 1 saturated heterocycles. The number of phosphoric acid groups is 1. The van der Waals surface area contributed by atoms with Crippen LogP contribution in [0.2, 0.25) is 0 Å². The van der Waals surface area contributed by atoms with Crippen molar-refractivity contribution in [3.05, 3.63) is 48.6 Å². The van der Waals surface area contributed by atoms with Gasteiger partial charge in [-0.05, 0) is 77.0 Å². The molecule has 1 fully saturated rings. The molecule has 54 heavy (non-hydrogen) atoms. The van der Waals surface area contributed by atoms with Crippen LogP contribution in [0.25, 0.3) is 0 Å². The minimum atomic E-state index is -4.40. The van der Waals surface area contributed by atoms with Crippen molar-refractivity contribution in [3.63, 3.8) is 0 Å². The number of hydrogen-bond donors (Lipinski definition) is 2. The van der Waals surface area contributed by atoms with Crippen molar-refractivity contribution in [2.45, 2.75) is 186 Å². The average molecular weight is 782 g/mol. The van der Waals surface area contributed by atoms with E-state index in [1.54, 1.807) is 0 Å². The molecule has 11 heteroatoms. The van der Waals surface area contributed by atoms with Crippen LogP contribution in [0.15, 0.2) is 48.6 Å². The highest BCUT2D eigenvalue weighted by Gasteiger charge is 2.36. The van der Waals surface area contributed by atoms with Crippen LogP contribution in [0.3, 0.4) is 0 Å². The second-order valence-electron chi connectivity index (χ2n) is 14.2. The van der Waals surface area contributed by atoms with Gasteiger partial charge in [0, 0.05) is 19.4 Å². The summed E-state index contributed by atoms with van der Waals surface area (Å²) < 4.78 is 38.4. The van der Waals surface area contributed by atoms with Crippen molar-refractivity contribution in [2.75, 3.05) is 26.4 Å². The number of nitrogens with two attached hydrogens (primary N) is 1. The van der Waals surface area contributed by atoms with Crippen LogP contribution in [0.5, 0.6) is 0 Å². The highest BCUT2D eigenvalue weighted by Crippen LogP contribution is 2.43. The zero-order valence-corrected chi connectivity index (χ0v) is 34.8. The van der Waals surface area contributed by atoms with E-state index >= 15 is 0 Å². The zero-order valence-electron chi connectivity index (χ0n) is 33.9. The molecule has 0 saturated carbocycles. The second-order valence-corrected chi connectivity index (χ2v) is 15.7. The van der Waals surface area contributed by atoms with Gasteiger partial charge < -0.3 is 24.8 Å². The summed E-state index contributed by atoms with van der Waals surface area (Å²) in [5.74, 6) is -0.912. The molecule has 4 unspecified atom stereocenters. The third-order valence-corrected chi connectivity index (χ3v) is 10.1. The largest absolute Gasteiger partial charge is 0.472 e. The number of unbranched alkanes of at least 4 members (excludes halogenated alkanes) is 15. The first kappa shape index (κ1) is 49.9. The highest BCUT2D eigenvalue weighted by atomic mass is 31.2. The molecule has 1 aliphatic rings. The summed E-state index contributed by atoms with van der Waals surface area (Å²) in [6, 6.07) is 0. The van der Waals surface area contributed by atoms with Crippen LogP contribution < -0.4 is 5.73 Å². The molecule has 0 aromatic carbocycles. The maximum atomic E-state index is 12.6. The zero-order chi connectivity index (χ0) is 39.4. The average Bonchev–Trinajstić information content (AvgIpc) is 3.91. The van der Waals surface area contributed by atoms with Crippen LogP contribution in [0, 0.1) is 0 Å². The minimum Gasteiger partial charge on any atom is -0.462 e. The lowest BCUT2D eigenvalue weighted by Gasteiger charge is -2.19. The summed E-state index contributed by atoms with van der Waals surface area (Å²) >= 11 is 0. The third-order valence-electron chi connectivity index (χ3n) is 9.09. The molecule has 10 nitrogen and oxygen atoms in total. The Kier molecular flexibility index (Phi) is 32.7. The maximum absolute atomic E-state index is 12.6. The van der Waals surface area contributed by atoms with Gasteiger partial charge in [-0.1, -0.05) is 127 Å². The van der Waals surface area contributed by atoms with E-state index < -0.39 is 32.5 Å². The maximum Gasteiger partial charge on any atom is 0.472 e. The highest BCUT2D eigenvalue weighted by molar-refractivity contribution is 7.47. The number of allylic oxidation sites excluding steroid dienone is 6. The number of hydrogen-bond acceptors (Lipinski definition) is 9. The molecule has 3 N–H and O–H groups in total. The van der Waals surface area contributed by atoms with Crippen molar-refractivity contribution in [2.24, 2.45) is 5.73 Å². The Balaban J connectivity index is 2.24. The van der Waals surface area contributed by atoms with Gasteiger partial charge in [-0.2, -0.15) is 0 Å². The fourth-order valence-corrected chi connectivity index (χ4v) is 6.54. The number of carbonyl (C=O) groups is 2. The molecule has 0 aromatic heterocycles. The molecule has 1 rings (SSSR count). The first-order valence-electron chi connectivity index (χ1n) is 21.2. The van der Waals surface area contributed by atoms with Crippen LogP contribution in [-0.4, -0.2) is 61.5 Å². The lowest BCUT2D eigenvalue weighted by atomic mass is 10.1. The van der Waals surface area contributed by atoms with E-state index in [0.717, 1.165) is 57.8 Å². The molecule has 0 radical (unpaired) electrons. The lowest BCUT2D eigenvalue weighted by Crippen LogP contribution is -2.29. The minimum absolute atomic E-state index is 0.0399. The van der Waals surface area contributed by atoms with Gasteiger partial charge in [0.25, 0.3) is 0 Å². The number of carbonyl (C=O) groups excluding carboxylic acids is 2. The van der Waals surface area contributed by atoms with E-state index in [1.807, 2.05) is 6.08 Å². The molecule has 4 atom stereocenters. The SMILES string of the molecule is CCCCC/C=C/CC1OC1C/C=C\C/C=C\CCCC(=O)OC(COC(=O)CCCCCCC/C=C\CCCCCCCC)COP(=O)(O)OCCN.